The number of rotatable bonds is 5. The maximum atomic E-state index is 12.3. The molecule has 1 aromatic carbocycles. The zero-order valence-corrected chi connectivity index (χ0v) is 19.6. The number of carbonyl (C=O) groups is 1. The van der Waals surface area contributed by atoms with E-state index in [2.05, 4.69) is 26.2 Å². The number of halogens is 1. The van der Waals surface area contributed by atoms with E-state index in [1.54, 1.807) is 20.8 Å². The molecule has 2 heterocycles. The van der Waals surface area contributed by atoms with E-state index in [0.717, 1.165) is 12.1 Å². The van der Waals surface area contributed by atoms with Gasteiger partial charge in [0.25, 0.3) is 0 Å². The number of aliphatic hydroxyl groups is 2. The van der Waals surface area contributed by atoms with Gasteiger partial charge in [-0.3, -0.25) is 0 Å². The third kappa shape index (κ3) is 4.96. The highest BCUT2D eigenvalue weighted by Gasteiger charge is 2.43. The molecule has 1 saturated carbocycles. The van der Waals surface area contributed by atoms with Crippen LogP contribution in [0.1, 0.15) is 40.0 Å². The van der Waals surface area contributed by atoms with Crippen LogP contribution in [0.15, 0.2) is 16.6 Å². The number of amides is 1. The number of aromatic nitrogens is 3. The van der Waals surface area contributed by atoms with Gasteiger partial charge in [0.2, 0.25) is 0 Å². The molecule has 2 aromatic rings. The maximum absolute atomic E-state index is 12.3. The predicted octanol–water partition coefficient (Wildman–Crippen LogP) is 2.72. The molecule has 2 N–H and O–H groups in total. The molecule has 1 saturated heterocycles. The molecule has 1 amide bonds. The molecule has 1 aliphatic carbocycles. The number of likely N-dealkylation sites (tertiary alicyclic amines) is 1. The van der Waals surface area contributed by atoms with Crippen molar-refractivity contribution in [1.29, 1.82) is 0 Å². The van der Waals surface area contributed by atoms with Crippen LogP contribution in [-0.2, 0) is 11.3 Å². The summed E-state index contributed by atoms with van der Waals surface area (Å²) in [6, 6.07) is 3.72. The average molecular weight is 497 g/mol. The lowest BCUT2D eigenvalue weighted by Gasteiger charge is -2.41. The van der Waals surface area contributed by atoms with Gasteiger partial charge in [0.05, 0.1) is 16.5 Å². The Morgan fingerprint density at radius 3 is 2.74 bits per heavy atom. The van der Waals surface area contributed by atoms with Crippen molar-refractivity contribution in [2.75, 3.05) is 19.7 Å². The van der Waals surface area contributed by atoms with Gasteiger partial charge < -0.3 is 24.6 Å². The molecule has 1 aromatic heterocycles. The van der Waals surface area contributed by atoms with E-state index in [9.17, 15) is 15.0 Å². The predicted molar refractivity (Wildman–Crippen MR) is 117 cm³/mol. The van der Waals surface area contributed by atoms with Gasteiger partial charge >= 0.3 is 6.09 Å². The van der Waals surface area contributed by atoms with Crippen molar-refractivity contribution in [3.63, 3.8) is 0 Å². The van der Waals surface area contributed by atoms with Gasteiger partial charge in [-0.25, -0.2) is 9.48 Å². The van der Waals surface area contributed by atoms with Gasteiger partial charge in [0.15, 0.2) is 0 Å². The lowest BCUT2D eigenvalue weighted by atomic mass is 9.89. The minimum atomic E-state index is -1.48. The molecule has 10 heteroatoms. The second-order valence-corrected chi connectivity index (χ2v) is 10.3. The molecule has 2 fully saturated rings. The van der Waals surface area contributed by atoms with Gasteiger partial charge in [-0.05, 0) is 74.0 Å². The number of benzene rings is 1. The Morgan fingerprint density at radius 2 is 2.10 bits per heavy atom. The van der Waals surface area contributed by atoms with Gasteiger partial charge in [-0.1, -0.05) is 5.21 Å². The van der Waals surface area contributed by atoms with E-state index < -0.39 is 23.4 Å². The minimum Gasteiger partial charge on any atom is -0.489 e. The zero-order valence-electron chi connectivity index (χ0n) is 18.0. The van der Waals surface area contributed by atoms with Crippen LogP contribution in [-0.4, -0.2) is 73.2 Å². The van der Waals surface area contributed by atoms with Crippen LogP contribution in [0.25, 0.3) is 11.0 Å². The summed E-state index contributed by atoms with van der Waals surface area (Å²) < 4.78 is 13.8. The Bertz CT molecular complexity index is 971. The Kier molecular flexibility index (Phi) is 5.91. The number of hydrogen-bond acceptors (Lipinski definition) is 7. The van der Waals surface area contributed by atoms with Crippen molar-refractivity contribution in [3.8, 4) is 5.75 Å². The Balaban J connectivity index is 1.40. The Hall–Kier alpha value is -1.91. The molecule has 1 aliphatic heterocycles. The molecule has 31 heavy (non-hydrogen) atoms. The standard InChI is InChI=1S/C21H29BrN4O5/c1-20(2,3)31-19(28)25-9-8-21(29,16(27)11-25)12-30-15-7-6-14-18(17(15)22)23-24-26(14)10-13-4-5-13/h6-7,13,16,27,29H,4-5,8-12H2,1-3H3/t16-,21-/m0/s1. The third-order valence-electron chi connectivity index (χ3n) is 5.68. The summed E-state index contributed by atoms with van der Waals surface area (Å²) >= 11 is 3.54. The van der Waals surface area contributed by atoms with Crippen LogP contribution in [0.3, 0.4) is 0 Å². The third-order valence-corrected chi connectivity index (χ3v) is 6.44. The van der Waals surface area contributed by atoms with E-state index in [4.69, 9.17) is 9.47 Å². The van der Waals surface area contributed by atoms with Crippen LogP contribution in [0.4, 0.5) is 4.79 Å². The molecule has 2 aliphatic rings. The first-order valence-electron chi connectivity index (χ1n) is 10.6. The second-order valence-electron chi connectivity index (χ2n) is 9.54. The first-order chi connectivity index (χ1) is 14.6. The molecule has 170 valence electrons. The summed E-state index contributed by atoms with van der Waals surface area (Å²) in [5.41, 5.74) is -0.471. The van der Waals surface area contributed by atoms with Crippen molar-refractivity contribution >= 4 is 33.1 Å². The van der Waals surface area contributed by atoms with E-state index in [0.29, 0.717) is 21.7 Å². The number of aliphatic hydroxyl groups excluding tert-OH is 1. The maximum Gasteiger partial charge on any atom is 0.410 e. The van der Waals surface area contributed by atoms with Gasteiger partial charge in [0.1, 0.15) is 35.2 Å². The zero-order chi connectivity index (χ0) is 22.4. The molecule has 2 atom stereocenters. The summed E-state index contributed by atoms with van der Waals surface area (Å²) in [5.74, 6) is 1.20. The molecule has 9 nitrogen and oxygen atoms in total. The quantitative estimate of drug-likeness (QED) is 0.654. The molecule has 0 spiro atoms. The average Bonchev–Trinajstić information content (AvgIpc) is 3.41. The van der Waals surface area contributed by atoms with E-state index >= 15 is 0 Å². The monoisotopic (exact) mass is 496 g/mol. The Morgan fingerprint density at radius 1 is 1.35 bits per heavy atom. The first kappa shape index (κ1) is 22.3. The minimum absolute atomic E-state index is 0.0233. The number of fused-ring (bicyclic) bond motifs is 1. The van der Waals surface area contributed by atoms with Crippen LogP contribution in [0.2, 0.25) is 0 Å². The van der Waals surface area contributed by atoms with Crippen LogP contribution in [0.5, 0.6) is 5.75 Å². The lowest BCUT2D eigenvalue weighted by Crippen LogP contribution is -2.59. The van der Waals surface area contributed by atoms with Gasteiger partial charge in [-0.2, -0.15) is 0 Å². The van der Waals surface area contributed by atoms with Gasteiger partial charge in [-0.15, -0.1) is 5.10 Å². The second kappa shape index (κ2) is 8.22. The van der Waals surface area contributed by atoms with Crippen molar-refractivity contribution in [2.24, 2.45) is 5.92 Å². The number of ether oxygens (including phenoxy) is 2. The fraction of sp³-hybridized carbons (Fsp3) is 0.667. The highest BCUT2D eigenvalue weighted by molar-refractivity contribution is 9.10. The SMILES string of the molecule is CC(C)(C)OC(=O)N1CC[C@](O)(COc2ccc3c(nnn3CC3CC3)c2Br)[C@@H](O)C1. The van der Waals surface area contributed by atoms with Crippen molar-refractivity contribution in [1.82, 2.24) is 19.9 Å². The first-order valence-corrected chi connectivity index (χ1v) is 11.4. The molecular weight excluding hydrogens is 468 g/mol. The van der Waals surface area contributed by atoms with Crippen LogP contribution >= 0.6 is 15.9 Å². The molecular formula is C21H29BrN4O5. The molecule has 0 radical (unpaired) electrons. The number of piperidine rings is 1. The lowest BCUT2D eigenvalue weighted by molar-refractivity contribution is -0.135. The van der Waals surface area contributed by atoms with Crippen molar-refractivity contribution < 1.29 is 24.5 Å². The van der Waals surface area contributed by atoms with Crippen LogP contribution < -0.4 is 4.74 Å². The summed E-state index contributed by atoms with van der Waals surface area (Å²) in [6.45, 7) is 6.35. The summed E-state index contributed by atoms with van der Waals surface area (Å²) in [5, 5.41) is 30.0. The normalized spacial score (nSPS) is 24.5. The Labute approximate surface area is 189 Å². The molecule has 4 rings (SSSR count). The molecule has 0 unspecified atom stereocenters. The molecule has 0 bridgehead atoms. The highest BCUT2D eigenvalue weighted by atomic mass is 79.9. The van der Waals surface area contributed by atoms with Gasteiger partial charge in [0, 0.05) is 13.1 Å². The van der Waals surface area contributed by atoms with Crippen molar-refractivity contribution in [3.05, 3.63) is 16.6 Å². The van der Waals surface area contributed by atoms with E-state index in [1.807, 2.05) is 16.8 Å². The summed E-state index contributed by atoms with van der Waals surface area (Å²) in [4.78, 5) is 13.7. The van der Waals surface area contributed by atoms with E-state index in [-0.39, 0.29) is 26.1 Å². The number of β-amino-alcohol motifs (C(OH)–C–C–N with tert-alkyl or cyclic N) is 1. The summed E-state index contributed by atoms with van der Waals surface area (Å²) in [6.07, 6.45) is 0.976. The van der Waals surface area contributed by atoms with Crippen molar-refractivity contribution in [2.45, 2.75) is 63.9 Å². The fourth-order valence-electron chi connectivity index (χ4n) is 3.61. The number of nitrogens with zero attached hydrogens (tertiary/aromatic N) is 4. The number of hydrogen-bond donors (Lipinski definition) is 2. The number of carbonyl (C=O) groups excluding carboxylic acids is 1. The summed E-state index contributed by atoms with van der Waals surface area (Å²) in [7, 11) is 0. The largest absolute Gasteiger partial charge is 0.489 e. The highest BCUT2D eigenvalue weighted by Crippen LogP contribution is 2.35. The smallest absolute Gasteiger partial charge is 0.410 e. The van der Waals surface area contributed by atoms with Crippen LogP contribution in [0, 0.1) is 5.92 Å². The topological polar surface area (TPSA) is 110 Å². The van der Waals surface area contributed by atoms with E-state index in [1.165, 1.54) is 17.7 Å². The fourth-order valence-corrected chi connectivity index (χ4v) is 4.14.